The lowest BCUT2D eigenvalue weighted by molar-refractivity contribution is 0.452. The van der Waals surface area contributed by atoms with Crippen molar-refractivity contribution in [1.82, 2.24) is 9.78 Å². The first-order chi connectivity index (χ1) is 10.6. The topological polar surface area (TPSA) is 50.1 Å². The zero-order chi connectivity index (χ0) is 15.3. The van der Waals surface area contributed by atoms with Crippen LogP contribution in [0.25, 0.3) is 11.3 Å². The number of hydrogen-bond acceptors (Lipinski definition) is 3. The minimum absolute atomic E-state index is 0.208. The lowest BCUT2D eigenvalue weighted by atomic mass is 10.0. The van der Waals surface area contributed by atoms with E-state index in [1.807, 2.05) is 29.8 Å². The van der Waals surface area contributed by atoms with E-state index in [0.717, 1.165) is 28.2 Å². The quantitative estimate of drug-likeness (QED) is 0.716. The van der Waals surface area contributed by atoms with E-state index in [1.165, 1.54) is 5.56 Å². The first-order valence-electron chi connectivity index (χ1n) is 7.35. The van der Waals surface area contributed by atoms with Gasteiger partial charge in [-0.2, -0.15) is 5.10 Å². The molecule has 0 saturated heterocycles. The Morgan fingerprint density at radius 1 is 1.09 bits per heavy atom. The van der Waals surface area contributed by atoms with Gasteiger partial charge >= 0.3 is 0 Å². The Morgan fingerprint density at radius 2 is 1.91 bits per heavy atom. The highest BCUT2D eigenvalue weighted by Gasteiger charge is 2.27. The average molecular weight is 291 g/mol. The molecule has 0 spiro atoms. The number of rotatable bonds is 1. The molecule has 4 rings (SSSR count). The Kier molecular flexibility index (Phi) is 2.73. The predicted octanol–water partition coefficient (Wildman–Crippen LogP) is 3.84. The summed E-state index contributed by atoms with van der Waals surface area (Å²) in [6.07, 6.45) is -0.208. The molecule has 110 valence electrons. The highest BCUT2D eigenvalue weighted by Crippen LogP contribution is 2.40. The summed E-state index contributed by atoms with van der Waals surface area (Å²) in [5, 5.41) is 18.3. The van der Waals surface area contributed by atoms with Gasteiger partial charge in [0.05, 0.1) is 11.4 Å². The number of nitrogens with zero attached hydrogens (tertiary/aromatic N) is 2. The van der Waals surface area contributed by atoms with Crippen LogP contribution < -0.4 is 5.32 Å². The van der Waals surface area contributed by atoms with E-state index in [4.69, 9.17) is 0 Å². The van der Waals surface area contributed by atoms with Gasteiger partial charge in [0.2, 0.25) is 0 Å². The number of para-hydroxylation sites is 1. The first kappa shape index (κ1) is 13.0. The van der Waals surface area contributed by atoms with Crippen LogP contribution in [-0.2, 0) is 0 Å². The third kappa shape index (κ3) is 1.88. The number of benzene rings is 2. The molecule has 2 N–H and O–H groups in total. The zero-order valence-corrected chi connectivity index (χ0v) is 12.5. The van der Waals surface area contributed by atoms with Gasteiger partial charge in [-0.05, 0) is 38.1 Å². The van der Waals surface area contributed by atoms with Crippen molar-refractivity contribution in [3.63, 3.8) is 0 Å². The number of aryl methyl sites for hydroxylation is 2. The van der Waals surface area contributed by atoms with Crippen molar-refractivity contribution in [2.45, 2.75) is 20.0 Å². The lowest BCUT2D eigenvalue weighted by Crippen LogP contribution is -2.25. The lowest BCUT2D eigenvalue weighted by Gasteiger charge is -2.29. The van der Waals surface area contributed by atoms with Crippen LogP contribution in [0.15, 0.2) is 48.5 Å². The molecule has 4 heteroatoms. The molecule has 0 saturated carbocycles. The fourth-order valence-electron chi connectivity index (χ4n) is 3.05. The minimum atomic E-state index is -0.208. The summed E-state index contributed by atoms with van der Waals surface area (Å²) in [7, 11) is 0. The van der Waals surface area contributed by atoms with Gasteiger partial charge in [-0.3, -0.25) is 0 Å². The summed E-state index contributed by atoms with van der Waals surface area (Å²) in [4.78, 5) is 0. The van der Waals surface area contributed by atoms with E-state index in [1.54, 1.807) is 6.07 Å². The Labute approximate surface area is 129 Å². The summed E-state index contributed by atoms with van der Waals surface area (Å²) in [6.45, 7) is 4.08. The Morgan fingerprint density at radius 3 is 2.73 bits per heavy atom. The smallest absolute Gasteiger partial charge is 0.150 e. The van der Waals surface area contributed by atoms with Crippen molar-refractivity contribution in [2.24, 2.45) is 0 Å². The molecule has 1 aliphatic rings. The molecule has 1 unspecified atom stereocenters. The van der Waals surface area contributed by atoms with Crippen LogP contribution in [0.3, 0.4) is 0 Å². The van der Waals surface area contributed by atoms with Crippen LogP contribution in [-0.4, -0.2) is 14.9 Å². The number of hydrogen-bond donors (Lipinski definition) is 2. The van der Waals surface area contributed by atoms with Crippen LogP contribution >= 0.6 is 0 Å². The SMILES string of the molecule is Cc1ccc2c(c1)-c1cc(C)nn1C(c1ccccc1O)N2. The predicted molar refractivity (Wildman–Crippen MR) is 87.0 cm³/mol. The summed E-state index contributed by atoms with van der Waals surface area (Å²) in [5.41, 5.74) is 6.28. The molecule has 2 heterocycles. The minimum Gasteiger partial charge on any atom is -0.508 e. The van der Waals surface area contributed by atoms with Gasteiger partial charge in [0.1, 0.15) is 5.75 Å². The Bertz CT molecular complexity index is 867. The van der Waals surface area contributed by atoms with Gasteiger partial charge in [0.15, 0.2) is 6.17 Å². The molecule has 22 heavy (non-hydrogen) atoms. The fourth-order valence-corrected chi connectivity index (χ4v) is 3.05. The van der Waals surface area contributed by atoms with Crippen molar-refractivity contribution < 1.29 is 5.11 Å². The largest absolute Gasteiger partial charge is 0.508 e. The number of aromatic nitrogens is 2. The van der Waals surface area contributed by atoms with Crippen LogP contribution in [0.1, 0.15) is 23.0 Å². The molecular weight excluding hydrogens is 274 g/mol. The second-order valence-electron chi connectivity index (χ2n) is 5.77. The molecule has 1 aromatic heterocycles. The maximum Gasteiger partial charge on any atom is 0.150 e. The van der Waals surface area contributed by atoms with E-state index in [-0.39, 0.29) is 11.9 Å². The average Bonchev–Trinajstić information content (AvgIpc) is 2.89. The molecule has 0 amide bonds. The van der Waals surface area contributed by atoms with Crippen LogP contribution in [0.2, 0.25) is 0 Å². The monoisotopic (exact) mass is 291 g/mol. The molecule has 0 radical (unpaired) electrons. The van der Waals surface area contributed by atoms with Gasteiger partial charge in [0, 0.05) is 16.8 Å². The third-order valence-electron chi connectivity index (χ3n) is 4.08. The number of anilines is 1. The molecule has 0 fully saturated rings. The van der Waals surface area contributed by atoms with Crippen molar-refractivity contribution in [3.8, 4) is 17.0 Å². The van der Waals surface area contributed by atoms with Crippen molar-refractivity contribution in [2.75, 3.05) is 5.32 Å². The number of phenols is 1. The second-order valence-corrected chi connectivity index (χ2v) is 5.77. The number of fused-ring (bicyclic) bond motifs is 3. The van der Waals surface area contributed by atoms with E-state index >= 15 is 0 Å². The molecule has 0 aliphatic carbocycles. The van der Waals surface area contributed by atoms with Crippen LogP contribution in [0, 0.1) is 13.8 Å². The summed E-state index contributed by atoms with van der Waals surface area (Å²) in [5.74, 6) is 0.273. The molecule has 0 bridgehead atoms. The number of aromatic hydroxyl groups is 1. The third-order valence-corrected chi connectivity index (χ3v) is 4.08. The van der Waals surface area contributed by atoms with Gasteiger partial charge < -0.3 is 10.4 Å². The van der Waals surface area contributed by atoms with E-state index in [0.29, 0.717) is 0 Å². The fraction of sp³-hybridized carbons (Fsp3) is 0.167. The van der Waals surface area contributed by atoms with Gasteiger partial charge in [-0.25, -0.2) is 4.68 Å². The highest BCUT2D eigenvalue weighted by molar-refractivity contribution is 5.79. The van der Waals surface area contributed by atoms with E-state index in [2.05, 4.69) is 41.6 Å². The van der Waals surface area contributed by atoms with Gasteiger partial charge in [0.25, 0.3) is 0 Å². The molecule has 2 aromatic carbocycles. The molecular formula is C18H17N3O. The van der Waals surface area contributed by atoms with Crippen molar-refractivity contribution >= 4 is 5.69 Å². The Balaban J connectivity index is 1.94. The summed E-state index contributed by atoms with van der Waals surface area (Å²) >= 11 is 0. The normalized spacial score (nSPS) is 15.8. The summed E-state index contributed by atoms with van der Waals surface area (Å²) < 4.78 is 1.95. The number of phenolic OH excluding ortho intramolecular Hbond substituents is 1. The first-order valence-corrected chi connectivity index (χ1v) is 7.35. The second kappa shape index (κ2) is 4.63. The maximum absolute atomic E-state index is 10.2. The molecule has 1 aliphatic heterocycles. The maximum atomic E-state index is 10.2. The van der Waals surface area contributed by atoms with Gasteiger partial charge in [-0.15, -0.1) is 0 Å². The van der Waals surface area contributed by atoms with E-state index in [9.17, 15) is 5.11 Å². The summed E-state index contributed by atoms with van der Waals surface area (Å²) in [6, 6.07) is 15.8. The highest BCUT2D eigenvalue weighted by atomic mass is 16.3. The Hall–Kier alpha value is -2.75. The standard InChI is InChI=1S/C18H17N3O/c1-11-7-8-15-14(9-11)16-10-12(2)20-21(16)18(19-15)13-5-3-4-6-17(13)22/h3-10,18-19,22H,1-2H3. The number of nitrogens with one attached hydrogen (secondary N) is 1. The van der Waals surface area contributed by atoms with Gasteiger partial charge in [-0.1, -0.05) is 29.8 Å². The van der Waals surface area contributed by atoms with Crippen molar-refractivity contribution in [1.29, 1.82) is 0 Å². The molecule has 1 atom stereocenters. The van der Waals surface area contributed by atoms with Crippen molar-refractivity contribution in [3.05, 3.63) is 65.4 Å². The van der Waals surface area contributed by atoms with E-state index < -0.39 is 0 Å². The molecule has 4 nitrogen and oxygen atoms in total. The zero-order valence-electron chi connectivity index (χ0n) is 12.5. The van der Waals surface area contributed by atoms with Crippen LogP contribution in [0.5, 0.6) is 5.75 Å². The molecule has 3 aromatic rings. The van der Waals surface area contributed by atoms with Crippen LogP contribution in [0.4, 0.5) is 5.69 Å².